The lowest BCUT2D eigenvalue weighted by molar-refractivity contribution is 0.188. The highest BCUT2D eigenvalue weighted by molar-refractivity contribution is 5.80. The number of fused-ring (bicyclic) bond motifs is 1. The van der Waals surface area contributed by atoms with Crippen molar-refractivity contribution in [1.82, 2.24) is 9.55 Å². The minimum atomic E-state index is 0.531. The summed E-state index contributed by atoms with van der Waals surface area (Å²) in [6.07, 6.45) is 3.98. The molecule has 0 fully saturated rings. The predicted octanol–water partition coefficient (Wildman–Crippen LogP) is 2.81. The summed E-state index contributed by atoms with van der Waals surface area (Å²) in [5.41, 5.74) is 2.42. The molecule has 3 nitrogen and oxygen atoms in total. The van der Waals surface area contributed by atoms with Crippen LogP contribution in [-0.2, 0) is 11.3 Å². The maximum Gasteiger partial charge on any atom is 0.140 e. The summed E-state index contributed by atoms with van der Waals surface area (Å²) in [5, 5.41) is 1.26. The number of rotatable bonds is 4. The van der Waals surface area contributed by atoms with Gasteiger partial charge in [0.05, 0.1) is 6.61 Å². The zero-order chi connectivity index (χ0) is 11.5. The molecular weight excluding hydrogens is 200 g/mol. The molecule has 2 rings (SSSR count). The monoisotopic (exact) mass is 218 g/mol. The van der Waals surface area contributed by atoms with Crippen LogP contribution in [0.2, 0.25) is 0 Å². The van der Waals surface area contributed by atoms with Gasteiger partial charge in [0, 0.05) is 31.4 Å². The van der Waals surface area contributed by atoms with Gasteiger partial charge in [-0.25, -0.2) is 4.98 Å². The van der Waals surface area contributed by atoms with E-state index in [1.54, 1.807) is 7.11 Å². The number of hydrogen-bond acceptors (Lipinski definition) is 2. The molecule has 0 spiro atoms. The van der Waals surface area contributed by atoms with Crippen molar-refractivity contribution in [2.45, 2.75) is 26.3 Å². The standard InChI is InChI=1S/C13H18N2O/c1-10(2)11-4-6-14-13-12(11)5-7-15(13)8-9-16-3/h4-7,10H,8-9H2,1-3H3. The van der Waals surface area contributed by atoms with Crippen molar-refractivity contribution < 1.29 is 4.74 Å². The predicted molar refractivity (Wildman–Crippen MR) is 65.7 cm³/mol. The van der Waals surface area contributed by atoms with Crippen LogP contribution < -0.4 is 0 Å². The first-order valence-electron chi connectivity index (χ1n) is 5.66. The van der Waals surface area contributed by atoms with E-state index in [1.165, 1.54) is 10.9 Å². The first-order chi connectivity index (χ1) is 7.74. The molecule has 0 aromatic carbocycles. The molecule has 0 aliphatic heterocycles. The van der Waals surface area contributed by atoms with Crippen molar-refractivity contribution in [2.75, 3.05) is 13.7 Å². The molecule has 0 N–H and O–H groups in total. The van der Waals surface area contributed by atoms with Gasteiger partial charge in [-0.3, -0.25) is 0 Å². The SMILES string of the molecule is COCCn1ccc2c(C(C)C)ccnc21. The Labute approximate surface area is 96.1 Å². The van der Waals surface area contributed by atoms with Crippen LogP contribution in [0.3, 0.4) is 0 Å². The lowest BCUT2D eigenvalue weighted by Crippen LogP contribution is -2.03. The maximum atomic E-state index is 5.09. The first-order valence-corrected chi connectivity index (χ1v) is 5.66. The fraction of sp³-hybridized carbons (Fsp3) is 0.462. The molecule has 0 aliphatic rings. The highest BCUT2D eigenvalue weighted by Gasteiger charge is 2.08. The summed E-state index contributed by atoms with van der Waals surface area (Å²) in [7, 11) is 1.72. The molecule has 0 amide bonds. The number of methoxy groups -OCH3 is 1. The Morgan fingerprint density at radius 2 is 2.19 bits per heavy atom. The summed E-state index contributed by atoms with van der Waals surface area (Å²) in [6, 6.07) is 4.25. The summed E-state index contributed by atoms with van der Waals surface area (Å²) in [5.74, 6) is 0.531. The van der Waals surface area contributed by atoms with Crippen LogP contribution in [0.4, 0.5) is 0 Å². The van der Waals surface area contributed by atoms with Crippen LogP contribution in [0.1, 0.15) is 25.3 Å². The van der Waals surface area contributed by atoms with Crippen molar-refractivity contribution in [1.29, 1.82) is 0 Å². The largest absolute Gasteiger partial charge is 0.383 e. The molecular formula is C13H18N2O. The number of hydrogen-bond donors (Lipinski definition) is 0. The molecule has 0 saturated carbocycles. The molecule has 2 aromatic heterocycles. The molecule has 16 heavy (non-hydrogen) atoms. The van der Waals surface area contributed by atoms with Gasteiger partial charge >= 0.3 is 0 Å². The van der Waals surface area contributed by atoms with Crippen molar-refractivity contribution >= 4 is 11.0 Å². The molecule has 0 atom stereocenters. The minimum absolute atomic E-state index is 0.531. The summed E-state index contributed by atoms with van der Waals surface area (Å²) in [6.45, 7) is 5.99. The average molecular weight is 218 g/mol. The van der Waals surface area contributed by atoms with Crippen molar-refractivity contribution in [3.05, 3.63) is 30.1 Å². The molecule has 0 saturated heterocycles. The van der Waals surface area contributed by atoms with Crippen LogP contribution in [-0.4, -0.2) is 23.3 Å². The van der Waals surface area contributed by atoms with E-state index in [4.69, 9.17) is 4.74 Å². The molecule has 0 unspecified atom stereocenters. The second-order valence-corrected chi connectivity index (χ2v) is 4.29. The van der Waals surface area contributed by atoms with Gasteiger partial charge in [0.15, 0.2) is 0 Å². The molecule has 0 radical (unpaired) electrons. The Morgan fingerprint density at radius 1 is 1.38 bits per heavy atom. The fourth-order valence-corrected chi connectivity index (χ4v) is 1.98. The molecule has 2 aromatic rings. The Bertz CT molecular complexity index is 474. The van der Waals surface area contributed by atoms with E-state index in [9.17, 15) is 0 Å². The second-order valence-electron chi connectivity index (χ2n) is 4.29. The molecule has 3 heteroatoms. The van der Waals surface area contributed by atoms with E-state index in [0.29, 0.717) is 5.92 Å². The number of ether oxygens (including phenoxy) is 1. The van der Waals surface area contributed by atoms with Crippen LogP contribution >= 0.6 is 0 Å². The van der Waals surface area contributed by atoms with Gasteiger partial charge in [-0.05, 0) is 23.6 Å². The Balaban J connectivity index is 2.44. The zero-order valence-electron chi connectivity index (χ0n) is 10.1. The molecule has 0 bridgehead atoms. The third-order valence-electron chi connectivity index (χ3n) is 2.85. The van der Waals surface area contributed by atoms with E-state index in [2.05, 4.69) is 41.7 Å². The maximum absolute atomic E-state index is 5.09. The van der Waals surface area contributed by atoms with E-state index < -0.39 is 0 Å². The van der Waals surface area contributed by atoms with Gasteiger partial charge in [0.25, 0.3) is 0 Å². The van der Waals surface area contributed by atoms with E-state index in [0.717, 1.165) is 18.8 Å². The minimum Gasteiger partial charge on any atom is -0.383 e. The lowest BCUT2D eigenvalue weighted by Gasteiger charge is -2.08. The van der Waals surface area contributed by atoms with Gasteiger partial charge in [-0.15, -0.1) is 0 Å². The van der Waals surface area contributed by atoms with Gasteiger partial charge in [0.1, 0.15) is 5.65 Å². The fourth-order valence-electron chi connectivity index (χ4n) is 1.98. The topological polar surface area (TPSA) is 27.1 Å². The van der Waals surface area contributed by atoms with Crippen LogP contribution in [0.5, 0.6) is 0 Å². The number of pyridine rings is 1. The van der Waals surface area contributed by atoms with Crippen molar-refractivity contribution in [2.24, 2.45) is 0 Å². The van der Waals surface area contributed by atoms with Gasteiger partial charge < -0.3 is 9.30 Å². The van der Waals surface area contributed by atoms with Crippen LogP contribution in [0, 0.1) is 0 Å². The second kappa shape index (κ2) is 4.66. The summed E-state index contributed by atoms with van der Waals surface area (Å²) >= 11 is 0. The number of aromatic nitrogens is 2. The lowest BCUT2D eigenvalue weighted by atomic mass is 10.0. The molecule has 2 heterocycles. The van der Waals surface area contributed by atoms with Crippen LogP contribution in [0.25, 0.3) is 11.0 Å². The van der Waals surface area contributed by atoms with Crippen LogP contribution in [0.15, 0.2) is 24.5 Å². The Hall–Kier alpha value is -1.35. The Morgan fingerprint density at radius 3 is 2.88 bits per heavy atom. The third kappa shape index (κ3) is 1.95. The Kier molecular flexibility index (Phi) is 3.25. The van der Waals surface area contributed by atoms with Crippen molar-refractivity contribution in [3.8, 4) is 0 Å². The molecule has 86 valence electrons. The van der Waals surface area contributed by atoms with Gasteiger partial charge in [-0.1, -0.05) is 13.8 Å². The van der Waals surface area contributed by atoms with Gasteiger partial charge in [-0.2, -0.15) is 0 Å². The van der Waals surface area contributed by atoms with Gasteiger partial charge in [0.2, 0.25) is 0 Å². The van der Waals surface area contributed by atoms with Crippen molar-refractivity contribution in [3.63, 3.8) is 0 Å². The zero-order valence-corrected chi connectivity index (χ0v) is 10.1. The highest BCUT2D eigenvalue weighted by atomic mass is 16.5. The third-order valence-corrected chi connectivity index (χ3v) is 2.85. The average Bonchev–Trinajstić information content (AvgIpc) is 2.69. The quantitative estimate of drug-likeness (QED) is 0.789. The summed E-state index contributed by atoms with van der Waals surface area (Å²) in [4.78, 5) is 4.44. The van der Waals surface area contributed by atoms with E-state index in [-0.39, 0.29) is 0 Å². The number of nitrogens with zero attached hydrogens (tertiary/aromatic N) is 2. The normalized spacial score (nSPS) is 11.5. The van der Waals surface area contributed by atoms with E-state index >= 15 is 0 Å². The highest BCUT2D eigenvalue weighted by Crippen LogP contribution is 2.24. The first kappa shape index (κ1) is 11.1. The smallest absolute Gasteiger partial charge is 0.140 e. The summed E-state index contributed by atoms with van der Waals surface area (Å²) < 4.78 is 7.24. The molecule has 0 aliphatic carbocycles. The van der Waals surface area contributed by atoms with E-state index in [1.807, 2.05) is 6.20 Å².